The third-order valence-corrected chi connectivity index (χ3v) is 4.32. The van der Waals surface area contributed by atoms with Crippen LogP contribution in [-0.2, 0) is 14.2 Å². The van der Waals surface area contributed by atoms with Crippen LogP contribution in [0.1, 0.15) is 20.7 Å². The number of carbonyl (C=O) groups is 2. The van der Waals surface area contributed by atoms with E-state index < -0.39 is 49.3 Å². The van der Waals surface area contributed by atoms with E-state index in [-0.39, 0.29) is 11.1 Å². The van der Waals surface area contributed by atoms with Crippen molar-refractivity contribution in [1.29, 1.82) is 0 Å². The molecule has 0 unspecified atom stereocenters. The zero-order chi connectivity index (χ0) is 20.1. The van der Waals surface area contributed by atoms with Gasteiger partial charge in [0.2, 0.25) is 0 Å². The molecular formula is C20H20O8. The van der Waals surface area contributed by atoms with Gasteiger partial charge in [-0.2, -0.15) is 0 Å². The fourth-order valence-electron chi connectivity index (χ4n) is 2.86. The average molecular weight is 388 g/mol. The van der Waals surface area contributed by atoms with Gasteiger partial charge in [0.15, 0.2) is 18.5 Å². The van der Waals surface area contributed by atoms with Crippen molar-refractivity contribution in [3.63, 3.8) is 0 Å². The summed E-state index contributed by atoms with van der Waals surface area (Å²) in [6, 6.07) is 16.1. The zero-order valence-electron chi connectivity index (χ0n) is 14.8. The molecule has 2 aromatic rings. The van der Waals surface area contributed by atoms with Gasteiger partial charge >= 0.3 is 11.9 Å². The molecule has 0 bridgehead atoms. The van der Waals surface area contributed by atoms with Crippen LogP contribution in [0.4, 0.5) is 0 Å². The number of ether oxygens (including phenoxy) is 3. The second-order valence-corrected chi connectivity index (χ2v) is 6.21. The molecule has 0 aromatic heterocycles. The van der Waals surface area contributed by atoms with E-state index in [1.165, 1.54) is 24.3 Å². The van der Waals surface area contributed by atoms with Crippen LogP contribution in [0.3, 0.4) is 0 Å². The lowest BCUT2D eigenvalue weighted by Crippen LogP contribution is -2.61. The van der Waals surface area contributed by atoms with Gasteiger partial charge in [0.1, 0.15) is 12.2 Å². The normalized spacial score (nSPS) is 27.0. The number of esters is 2. The van der Waals surface area contributed by atoms with E-state index in [0.717, 1.165) is 0 Å². The van der Waals surface area contributed by atoms with E-state index in [1.54, 1.807) is 36.4 Å². The fourth-order valence-corrected chi connectivity index (χ4v) is 2.86. The summed E-state index contributed by atoms with van der Waals surface area (Å²) < 4.78 is 15.8. The highest BCUT2D eigenvalue weighted by atomic mass is 16.7. The molecule has 8 nitrogen and oxygen atoms in total. The van der Waals surface area contributed by atoms with Gasteiger partial charge in [0.25, 0.3) is 0 Å². The maximum Gasteiger partial charge on any atom is 0.338 e. The summed E-state index contributed by atoms with van der Waals surface area (Å²) >= 11 is 0. The molecular weight excluding hydrogens is 368 g/mol. The number of aliphatic hydroxyl groups excluding tert-OH is 3. The molecule has 8 heteroatoms. The summed E-state index contributed by atoms with van der Waals surface area (Å²) in [4.78, 5) is 24.8. The molecule has 1 saturated heterocycles. The Morgan fingerprint density at radius 1 is 0.821 bits per heavy atom. The van der Waals surface area contributed by atoms with Crippen LogP contribution >= 0.6 is 0 Å². The van der Waals surface area contributed by atoms with Crippen molar-refractivity contribution in [2.75, 3.05) is 6.61 Å². The lowest BCUT2D eigenvalue weighted by molar-refractivity contribution is -0.285. The molecule has 5 atom stereocenters. The zero-order valence-corrected chi connectivity index (χ0v) is 14.8. The van der Waals surface area contributed by atoms with Crippen molar-refractivity contribution < 1.29 is 39.1 Å². The second kappa shape index (κ2) is 8.94. The fraction of sp³-hybridized carbons (Fsp3) is 0.300. The van der Waals surface area contributed by atoms with Crippen molar-refractivity contribution in [2.24, 2.45) is 0 Å². The Bertz CT molecular complexity index is 741. The molecule has 1 aliphatic rings. The van der Waals surface area contributed by atoms with Crippen LogP contribution in [-0.4, -0.2) is 64.6 Å². The minimum absolute atomic E-state index is 0.212. The topological polar surface area (TPSA) is 123 Å². The van der Waals surface area contributed by atoms with E-state index in [9.17, 15) is 24.9 Å². The summed E-state index contributed by atoms with van der Waals surface area (Å²) in [5.41, 5.74) is 0.442. The minimum atomic E-state index is -1.72. The van der Waals surface area contributed by atoms with Crippen molar-refractivity contribution in [2.45, 2.75) is 30.7 Å². The number of carbonyl (C=O) groups excluding carboxylic acids is 2. The lowest BCUT2D eigenvalue weighted by atomic mass is 9.98. The van der Waals surface area contributed by atoms with Crippen molar-refractivity contribution >= 4 is 11.9 Å². The van der Waals surface area contributed by atoms with Gasteiger partial charge in [0, 0.05) is 0 Å². The second-order valence-electron chi connectivity index (χ2n) is 6.21. The Balaban J connectivity index is 1.83. The predicted octanol–water partition coefficient (Wildman–Crippen LogP) is 0.508. The molecule has 148 valence electrons. The Hall–Kier alpha value is -2.78. The van der Waals surface area contributed by atoms with Crippen molar-refractivity contribution in [3.8, 4) is 0 Å². The SMILES string of the molecule is O=C(O[C@@H]1[C@H](O)[C@@H](O)O[C@H](CO)[C@H]1OC(=O)c1ccccc1)c1ccccc1. The van der Waals surface area contributed by atoms with Gasteiger partial charge in [0.05, 0.1) is 17.7 Å². The van der Waals surface area contributed by atoms with Crippen LogP contribution in [0.2, 0.25) is 0 Å². The molecule has 0 radical (unpaired) electrons. The van der Waals surface area contributed by atoms with Crippen LogP contribution < -0.4 is 0 Å². The number of hydrogen-bond acceptors (Lipinski definition) is 8. The van der Waals surface area contributed by atoms with Gasteiger partial charge in [-0.1, -0.05) is 36.4 Å². The van der Waals surface area contributed by atoms with Crippen molar-refractivity contribution in [3.05, 3.63) is 71.8 Å². The highest BCUT2D eigenvalue weighted by Crippen LogP contribution is 2.26. The molecule has 1 fully saturated rings. The number of benzene rings is 2. The minimum Gasteiger partial charge on any atom is -0.452 e. The molecule has 2 aromatic carbocycles. The van der Waals surface area contributed by atoms with Gasteiger partial charge in [-0.3, -0.25) is 0 Å². The Kier molecular flexibility index (Phi) is 6.37. The van der Waals surface area contributed by atoms with E-state index in [2.05, 4.69) is 0 Å². The van der Waals surface area contributed by atoms with Gasteiger partial charge in [-0.25, -0.2) is 9.59 Å². The maximum absolute atomic E-state index is 12.4. The Labute approximate surface area is 160 Å². The quantitative estimate of drug-likeness (QED) is 0.633. The summed E-state index contributed by atoms with van der Waals surface area (Å²) in [6.45, 7) is -0.629. The summed E-state index contributed by atoms with van der Waals surface area (Å²) in [7, 11) is 0. The molecule has 3 N–H and O–H groups in total. The number of aliphatic hydroxyl groups is 3. The van der Waals surface area contributed by atoms with Gasteiger partial charge < -0.3 is 29.5 Å². The third-order valence-electron chi connectivity index (χ3n) is 4.32. The monoisotopic (exact) mass is 388 g/mol. The highest BCUT2D eigenvalue weighted by molar-refractivity contribution is 5.90. The molecule has 28 heavy (non-hydrogen) atoms. The first kappa shape index (κ1) is 20.0. The average Bonchev–Trinajstić information content (AvgIpc) is 2.74. The van der Waals surface area contributed by atoms with Crippen LogP contribution in [0.15, 0.2) is 60.7 Å². The predicted molar refractivity (Wildman–Crippen MR) is 95.3 cm³/mol. The number of rotatable bonds is 5. The third kappa shape index (κ3) is 4.37. The lowest BCUT2D eigenvalue weighted by Gasteiger charge is -2.41. The molecule has 0 aliphatic carbocycles. The van der Waals surface area contributed by atoms with E-state index >= 15 is 0 Å². The largest absolute Gasteiger partial charge is 0.452 e. The van der Waals surface area contributed by atoms with E-state index in [1.807, 2.05) is 0 Å². The molecule has 0 saturated carbocycles. The molecule has 1 heterocycles. The van der Waals surface area contributed by atoms with Crippen LogP contribution in [0, 0.1) is 0 Å². The van der Waals surface area contributed by atoms with Gasteiger partial charge in [-0.15, -0.1) is 0 Å². The molecule has 3 rings (SSSR count). The summed E-state index contributed by atoms with van der Waals surface area (Å²) in [6.07, 6.45) is -7.37. The Morgan fingerprint density at radius 3 is 1.75 bits per heavy atom. The highest BCUT2D eigenvalue weighted by Gasteiger charge is 2.49. The maximum atomic E-state index is 12.4. The first-order chi connectivity index (χ1) is 13.5. The van der Waals surface area contributed by atoms with E-state index in [4.69, 9.17) is 14.2 Å². The number of hydrogen-bond donors (Lipinski definition) is 3. The Morgan fingerprint density at radius 2 is 1.29 bits per heavy atom. The summed E-state index contributed by atoms with van der Waals surface area (Å²) in [5.74, 6) is -1.53. The first-order valence-electron chi connectivity index (χ1n) is 8.65. The van der Waals surface area contributed by atoms with E-state index in [0.29, 0.717) is 0 Å². The van der Waals surface area contributed by atoms with Gasteiger partial charge in [-0.05, 0) is 24.3 Å². The molecule has 0 spiro atoms. The van der Waals surface area contributed by atoms with Crippen LogP contribution in [0.5, 0.6) is 0 Å². The molecule has 1 aliphatic heterocycles. The first-order valence-corrected chi connectivity index (χ1v) is 8.65. The standard InChI is InChI=1S/C20H20O8/c21-11-14-16(27-18(23)12-7-3-1-4-8-12)17(15(22)20(25)26-14)28-19(24)13-9-5-2-6-10-13/h1-10,14-17,20-22,25H,11H2/t14-,15+,16-,17-,20+/m1/s1. The smallest absolute Gasteiger partial charge is 0.338 e. The van der Waals surface area contributed by atoms with Crippen molar-refractivity contribution in [1.82, 2.24) is 0 Å². The molecule has 0 amide bonds. The summed E-state index contributed by atoms with van der Waals surface area (Å²) in [5, 5.41) is 29.7. The van der Waals surface area contributed by atoms with Crippen LogP contribution in [0.25, 0.3) is 0 Å².